The molecule has 2 aromatic carbocycles. The number of hydrogen-bond donors (Lipinski definition) is 1. The van der Waals surface area contributed by atoms with E-state index in [9.17, 15) is 4.79 Å². The highest BCUT2D eigenvalue weighted by Gasteiger charge is 2.42. The monoisotopic (exact) mass is 434 g/mol. The van der Waals surface area contributed by atoms with Crippen molar-refractivity contribution in [2.75, 3.05) is 0 Å². The van der Waals surface area contributed by atoms with Gasteiger partial charge in [-0.1, -0.05) is 65.7 Å². The summed E-state index contributed by atoms with van der Waals surface area (Å²) in [5, 5.41) is 8.35. The van der Waals surface area contributed by atoms with Crippen molar-refractivity contribution in [3.63, 3.8) is 0 Å². The Morgan fingerprint density at radius 2 is 1.83 bits per heavy atom. The predicted octanol–water partition coefficient (Wildman–Crippen LogP) is 5.52. The van der Waals surface area contributed by atoms with E-state index in [1.54, 1.807) is 18.5 Å². The highest BCUT2D eigenvalue weighted by molar-refractivity contribution is 6.42. The first-order chi connectivity index (χ1) is 14.6. The lowest BCUT2D eigenvalue weighted by Crippen LogP contribution is -2.29. The number of amides is 1. The zero-order valence-corrected chi connectivity index (χ0v) is 17.2. The molecule has 1 atom stereocenters. The third kappa shape index (κ3) is 3.16. The average Bonchev–Trinajstić information content (AvgIpc) is 3.31. The summed E-state index contributed by atoms with van der Waals surface area (Å²) in [6, 6.07) is 18.8. The van der Waals surface area contributed by atoms with Gasteiger partial charge >= 0.3 is 0 Å². The van der Waals surface area contributed by atoms with Crippen LogP contribution in [-0.4, -0.2) is 26.0 Å². The number of rotatable bonds is 4. The largest absolute Gasteiger partial charge is 0.322 e. The summed E-state index contributed by atoms with van der Waals surface area (Å²) < 4.78 is 0. The molecule has 0 saturated heterocycles. The number of nitrogens with one attached hydrogen (secondary N) is 1. The molecule has 30 heavy (non-hydrogen) atoms. The molecule has 5 nitrogen and oxygen atoms in total. The van der Waals surface area contributed by atoms with E-state index in [1.165, 1.54) is 0 Å². The van der Waals surface area contributed by atoms with Crippen molar-refractivity contribution < 1.29 is 4.79 Å². The molecule has 1 unspecified atom stereocenters. The molecule has 0 spiro atoms. The Labute approximate surface area is 183 Å². The zero-order chi connectivity index (χ0) is 20.7. The van der Waals surface area contributed by atoms with Gasteiger partial charge in [0.1, 0.15) is 5.69 Å². The number of nitrogens with zero attached hydrogens (tertiary/aromatic N) is 3. The van der Waals surface area contributed by atoms with Crippen LogP contribution in [-0.2, 0) is 6.54 Å². The van der Waals surface area contributed by atoms with Crippen molar-refractivity contribution in [1.82, 2.24) is 20.1 Å². The minimum absolute atomic E-state index is 0.111. The smallest absolute Gasteiger partial charge is 0.273 e. The van der Waals surface area contributed by atoms with E-state index in [-0.39, 0.29) is 11.9 Å². The van der Waals surface area contributed by atoms with E-state index in [0.717, 1.165) is 27.9 Å². The molecule has 1 aliphatic heterocycles. The fourth-order valence-electron chi connectivity index (χ4n) is 3.89. The standard InChI is InChI=1S/C23H16Cl2N4O/c24-17-9-8-16(11-18(17)25)22-19-20(15-6-2-1-3-7-15)27-28-21(19)23(30)29(22)13-14-5-4-10-26-12-14/h1-12,22H,13H2,(H,27,28). The van der Waals surface area contributed by atoms with Crippen molar-refractivity contribution in [2.45, 2.75) is 12.6 Å². The summed E-state index contributed by atoms with van der Waals surface area (Å²) in [6.45, 7) is 0.411. The first-order valence-electron chi connectivity index (χ1n) is 9.42. The van der Waals surface area contributed by atoms with Gasteiger partial charge in [-0.15, -0.1) is 0 Å². The van der Waals surface area contributed by atoms with Gasteiger partial charge in [0.2, 0.25) is 0 Å². The molecule has 1 N–H and O–H groups in total. The Balaban J connectivity index is 1.67. The SMILES string of the molecule is O=C1c2[nH]nc(-c3ccccc3)c2C(c2ccc(Cl)c(Cl)c2)N1Cc1cccnc1. The van der Waals surface area contributed by atoms with Gasteiger partial charge in [0.15, 0.2) is 0 Å². The molecule has 0 aliphatic carbocycles. The first-order valence-corrected chi connectivity index (χ1v) is 10.2. The number of hydrogen-bond acceptors (Lipinski definition) is 3. The number of carbonyl (C=O) groups excluding carboxylic acids is 1. The van der Waals surface area contributed by atoms with Crippen molar-refractivity contribution in [1.29, 1.82) is 0 Å². The highest BCUT2D eigenvalue weighted by atomic mass is 35.5. The third-order valence-electron chi connectivity index (χ3n) is 5.25. The second kappa shape index (κ2) is 7.59. The van der Waals surface area contributed by atoms with Crippen LogP contribution >= 0.6 is 23.2 Å². The maximum Gasteiger partial charge on any atom is 0.273 e. The van der Waals surface area contributed by atoms with Crippen molar-refractivity contribution in [3.05, 3.63) is 105 Å². The summed E-state index contributed by atoms with van der Waals surface area (Å²) >= 11 is 12.5. The van der Waals surface area contributed by atoms with Crippen molar-refractivity contribution in [3.8, 4) is 11.3 Å². The lowest BCUT2D eigenvalue weighted by atomic mass is 9.96. The minimum atomic E-state index is -0.351. The van der Waals surface area contributed by atoms with E-state index < -0.39 is 0 Å². The lowest BCUT2D eigenvalue weighted by molar-refractivity contribution is 0.0730. The number of carbonyl (C=O) groups is 1. The van der Waals surface area contributed by atoms with Gasteiger partial charge < -0.3 is 4.90 Å². The Morgan fingerprint density at radius 1 is 1.00 bits per heavy atom. The van der Waals surface area contributed by atoms with E-state index in [0.29, 0.717) is 22.3 Å². The van der Waals surface area contributed by atoms with Gasteiger partial charge in [-0.3, -0.25) is 14.9 Å². The molecule has 3 heterocycles. The van der Waals surface area contributed by atoms with Crippen LogP contribution in [0.15, 0.2) is 73.1 Å². The molecule has 1 amide bonds. The molecule has 4 aromatic rings. The lowest BCUT2D eigenvalue weighted by Gasteiger charge is -2.26. The molecule has 148 valence electrons. The number of halogens is 2. The Kier molecular flexibility index (Phi) is 4.77. The molecule has 7 heteroatoms. The van der Waals surface area contributed by atoms with Crippen LogP contribution in [0.3, 0.4) is 0 Å². The Hall–Kier alpha value is -3.15. The Morgan fingerprint density at radius 3 is 2.57 bits per heavy atom. The molecule has 0 radical (unpaired) electrons. The van der Waals surface area contributed by atoms with E-state index in [1.807, 2.05) is 59.5 Å². The number of aromatic amines is 1. The van der Waals surface area contributed by atoms with Gasteiger partial charge in [0.05, 0.1) is 21.8 Å². The summed E-state index contributed by atoms with van der Waals surface area (Å²) in [5.74, 6) is -0.111. The molecule has 2 aromatic heterocycles. The molecular weight excluding hydrogens is 419 g/mol. The molecule has 1 aliphatic rings. The number of aromatic nitrogens is 3. The molecule has 0 bridgehead atoms. The quantitative estimate of drug-likeness (QED) is 0.459. The second-order valence-electron chi connectivity index (χ2n) is 7.10. The fraction of sp³-hybridized carbons (Fsp3) is 0.0870. The normalized spacial score (nSPS) is 15.5. The van der Waals surface area contributed by atoms with Gasteiger partial charge in [-0.2, -0.15) is 5.10 Å². The van der Waals surface area contributed by atoms with Crippen molar-refractivity contribution >= 4 is 29.1 Å². The summed E-state index contributed by atoms with van der Waals surface area (Å²) in [5.41, 5.74) is 4.84. The number of pyridine rings is 1. The van der Waals surface area contributed by atoms with Crippen LogP contribution in [0.2, 0.25) is 10.0 Å². The zero-order valence-electron chi connectivity index (χ0n) is 15.7. The molecular formula is C23H16Cl2N4O. The summed E-state index contributed by atoms with van der Waals surface area (Å²) in [7, 11) is 0. The maximum absolute atomic E-state index is 13.4. The van der Waals surface area contributed by atoms with Crippen LogP contribution in [0, 0.1) is 0 Å². The second-order valence-corrected chi connectivity index (χ2v) is 7.91. The highest BCUT2D eigenvalue weighted by Crippen LogP contribution is 2.44. The molecule has 0 saturated carbocycles. The number of fused-ring (bicyclic) bond motifs is 1. The van der Waals surface area contributed by atoms with E-state index >= 15 is 0 Å². The topological polar surface area (TPSA) is 61.9 Å². The number of benzene rings is 2. The maximum atomic E-state index is 13.4. The summed E-state index contributed by atoms with van der Waals surface area (Å²) in [6.07, 6.45) is 3.48. The minimum Gasteiger partial charge on any atom is -0.322 e. The van der Waals surface area contributed by atoms with Gasteiger partial charge in [0.25, 0.3) is 5.91 Å². The third-order valence-corrected chi connectivity index (χ3v) is 5.99. The van der Waals surface area contributed by atoms with Crippen LogP contribution in [0.5, 0.6) is 0 Å². The average molecular weight is 435 g/mol. The fourth-order valence-corrected chi connectivity index (χ4v) is 4.20. The first kappa shape index (κ1) is 18.9. The van der Waals surface area contributed by atoms with Crippen molar-refractivity contribution in [2.24, 2.45) is 0 Å². The van der Waals surface area contributed by atoms with E-state index in [2.05, 4.69) is 15.2 Å². The summed E-state index contributed by atoms with van der Waals surface area (Å²) in [4.78, 5) is 19.3. The van der Waals surface area contributed by atoms with Crippen LogP contribution in [0.4, 0.5) is 0 Å². The molecule has 5 rings (SSSR count). The predicted molar refractivity (Wildman–Crippen MR) is 116 cm³/mol. The number of H-pyrrole nitrogens is 1. The van der Waals surface area contributed by atoms with Gasteiger partial charge in [-0.05, 0) is 29.3 Å². The van der Waals surface area contributed by atoms with Crippen LogP contribution in [0.25, 0.3) is 11.3 Å². The van der Waals surface area contributed by atoms with Crippen LogP contribution in [0.1, 0.15) is 33.2 Å². The van der Waals surface area contributed by atoms with Gasteiger partial charge in [-0.25, -0.2) is 0 Å². The Bertz CT molecular complexity index is 1220. The molecule has 0 fully saturated rings. The van der Waals surface area contributed by atoms with Crippen LogP contribution < -0.4 is 0 Å². The van der Waals surface area contributed by atoms with Gasteiger partial charge in [0, 0.05) is 30.1 Å². The van der Waals surface area contributed by atoms with E-state index in [4.69, 9.17) is 23.2 Å².